The number of amides is 1. The molecule has 0 aliphatic heterocycles. The van der Waals surface area contributed by atoms with Crippen LogP contribution < -0.4 is 5.32 Å². The van der Waals surface area contributed by atoms with Gasteiger partial charge in [-0.05, 0) is 24.5 Å². The van der Waals surface area contributed by atoms with Gasteiger partial charge in [-0.1, -0.05) is 25.1 Å². The molecule has 0 aliphatic carbocycles. The van der Waals surface area contributed by atoms with E-state index in [9.17, 15) is 23.1 Å². The van der Waals surface area contributed by atoms with E-state index in [1.807, 2.05) is 6.92 Å². The molecule has 0 saturated heterocycles. The van der Waals surface area contributed by atoms with Crippen molar-refractivity contribution in [2.75, 3.05) is 6.61 Å². The van der Waals surface area contributed by atoms with E-state index < -0.39 is 23.8 Å². The molecule has 1 rings (SSSR count). The highest BCUT2D eigenvalue weighted by Gasteiger charge is 2.30. The molecule has 0 spiro atoms. The molecular formula is C15H20F3NO3. The molecule has 0 bridgehead atoms. The van der Waals surface area contributed by atoms with Gasteiger partial charge in [-0.2, -0.15) is 13.2 Å². The summed E-state index contributed by atoms with van der Waals surface area (Å²) in [5, 5.41) is 21.2. The third-order valence-corrected chi connectivity index (χ3v) is 3.30. The Morgan fingerprint density at radius 1 is 1.36 bits per heavy atom. The van der Waals surface area contributed by atoms with Crippen LogP contribution in [0.25, 0.3) is 0 Å². The summed E-state index contributed by atoms with van der Waals surface area (Å²) in [6, 6.07) is 4.25. The first-order valence-electron chi connectivity index (χ1n) is 7.03. The van der Waals surface area contributed by atoms with E-state index in [-0.39, 0.29) is 24.6 Å². The standard InChI is InChI=1S/C15H20F3NO3/c1-2-12(6-7-20)19-14(22)13(21)9-10-4-3-5-11(8-10)15(16,17)18/h3-5,8,12-13,20-21H,2,6-7,9H2,1H3,(H,19,22). The van der Waals surface area contributed by atoms with Crippen molar-refractivity contribution >= 4 is 5.91 Å². The number of benzene rings is 1. The smallest absolute Gasteiger partial charge is 0.396 e. The lowest BCUT2D eigenvalue weighted by Gasteiger charge is -2.18. The lowest BCUT2D eigenvalue weighted by atomic mass is 10.0. The summed E-state index contributed by atoms with van der Waals surface area (Å²) >= 11 is 0. The molecule has 0 fully saturated rings. The molecule has 7 heteroatoms. The third kappa shape index (κ3) is 5.65. The number of carbonyl (C=O) groups excluding carboxylic acids is 1. The summed E-state index contributed by atoms with van der Waals surface area (Å²) in [6.45, 7) is 1.72. The number of rotatable bonds is 7. The van der Waals surface area contributed by atoms with E-state index in [1.165, 1.54) is 12.1 Å². The Kier molecular flexibility index (Phi) is 6.83. The van der Waals surface area contributed by atoms with Gasteiger partial charge in [0.2, 0.25) is 5.91 Å². The van der Waals surface area contributed by atoms with Crippen LogP contribution in [0.1, 0.15) is 30.9 Å². The van der Waals surface area contributed by atoms with E-state index in [1.54, 1.807) is 0 Å². The van der Waals surface area contributed by atoms with Crippen LogP contribution in [-0.2, 0) is 17.4 Å². The highest BCUT2D eigenvalue weighted by atomic mass is 19.4. The average molecular weight is 319 g/mol. The highest BCUT2D eigenvalue weighted by molar-refractivity contribution is 5.81. The molecule has 22 heavy (non-hydrogen) atoms. The molecule has 0 heterocycles. The van der Waals surface area contributed by atoms with Gasteiger partial charge in [0.25, 0.3) is 0 Å². The zero-order valence-electron chi connectivity index (χ0n) is 12.2. The molecule has 2 unspecified atom stereocenters. The minimum Gasteiger partial charge on any atom is -0.396 e. The SMILES string of the molecule is CCC(CCO)NC(=O)C(O)Cc1cccc(C(F)(F)F)c1. The molecule has 0 aliphatic rings. The van der Waals surface area contributed by atoms with Gasteiger partial charge in [0.05, 0.1) is 5.56 Å². The molecule has 2 atom stereocenters. The summed E-state index contributed by atoms with van der Waals surface area (Å²) in [5.41, 5.74) is -0.586. The molecule has 1 aromatic carbocycles. The first-order valence-corrected chi connectivity index (χ1v) is 7.03. The van der Waals surface area contributed by atoms with E-state index in [2.05, 4.69) is 5.32 Å². The van der Waals surface area contributed by atoms with Crippen molar-refractivity contribution < 1.29 is 28.2 Å². The van der Waals surface area contributed by atoms with Crippen molar-refractivity contribution in [1.82, 2.24) is 5.32 Å². The molecular weight excluding hydrogens is 299 g/mol. The lowest BCUT2D eigenvalue weighted by molar-refractivity contribution is -0.137. The fraction of sp³-hybridized carbons (Fsp3) is 0.533. The monoisotopic (exact) mass is 319 g/mol. The number of hydrogen-bond donors (Lipinski definition) is 3. The highest BCUT2D eigenvalue weighted by Crippen LogP contribution is 2.29. The molecule has 0 saturated carbocycles. The summed E-state index contributed by atoms with van der Waals surface area (Å²) in [5.74, 6) is -0.655. The zero-order valence-corrected chi connectivity index (χ0v) is 12.2. The normalized spacial score (nSPS) is 14.5. The maximum absolute atomic E-state index is 12.6. The Morgan fingerprint density at radius 2 is 2.05 bits per heavy atom. The molecule has 0 aromatic heterocycles. The molecule has 1 amide bonds. The fourth-order valence-electron chi connectivity index (χ4n) is 2.02. The minimum atomic E-state index is -4.46. The summed E-state index contributed by atoms with van der Waals surface area (Å²) in [7, 11) is 0. The summed E-state index contributed by atoms with van der Waals surface area (Å²) in [6.07, 6.45) is -5.15. The Labute approximate surface area is 127 Å². The van der Waals surface area contributed by atoms with Crippen LogP contribution in [0.3, 0.4) is 0 Å². The molecule has 0 radical (unpaired) electrons. The van der Waals surface area contributed by atoms with Gasteiger partial charge >= 0.3 is 6.18 Å². The van der Waals surface area contributed by atoms with Gasteiger partial charge in [-0.3, -0.25) is 4.79 Å². The first-order chi connectivity index (χ1) is 10.3. The van der Waals surface area contributed by atoms with Crippen LogP contribution in [0.2, 0.25) is 0 Å². The van der Waals surface area contributed by atoms with E-state index in [0.717, 1.165) is 12.1 Å². The van der Waals surface area contributed by atoms with E-state index >= 15 is 0 Å². The molecule has 4 nitrogen and oxygen atoms in total. The van der Waals surface area contributed by atoms with Crippen LogP contribution in [0.5, 0.6) is 0 Å². The largest absolute Gasteiger partial charge is 0.416 e. The molecule has 124 valence electrons. The quantitative estimate of drug-likeness (QED) is 0.719. The van der Waals surface area contributed by atoms with Crippen molar-refractivity contribution in [2.45, 2.75) is 44.5 Å². The number of carbonyl (C=O) groups is 1. The van der Waals surface area contributed by atoms with Crippen LogP contribution >= 0.6 is 0 Å². The number of aliphatic hydroxyl groups excluding tert-OH is 2. The topological polar surface area (TPSA) is 69.6 Å². The third-order valence-electron chi connectivity index (χ3n) is 3.30. The van der Waals surface area contributed by atoms with Crippen LogP contribution in [0.4, 0.5) is 13.2 Å². The summed E-state index contributed by atoms with van der Waals surface area (Å²) < 4.78 is 37.8. The second kappa shape index (κ2) is 8.14. The Balaban J connectivity index is 2.68. The van der Waals surface area contributed by atoms with Crippen LogP contribution in [0, 0.1) is 0 Å². The predicted molar refractivity (Wildman–Crippen MR) is 75.1 cm³/mol. The van der Waals surface area contributed by atoms with Gasteiger partial charge < -0.3 is 15.5 Å². The number of hydrogen-bond acceptors (Lipinski definition) is 3. The van der Waals surface area contributed by atoms with Crippen molar-refractivity contribution in [3.05, 3.63) is 35.4 Å². The van der Waals surface area contributed by atoms with Gasteiger partial charge in [0, 0.05) is 19.1 Å². The first kappa shape index (κ1) is 18.4. The maximum Gasteiger partial charge on any atom is 0.416 e. The number of halogens is 3. The number of aliphatic hydroxyl groups is 2. The Hall–Kier alpha value is -1.60. The minimum absolute atomic E-state index is 0.0947. The second-order valence-electron chi connectivity index (χ2n) is 5.04. The van der Waals surface area contributed by atoms with Crippen molar-refractivity contribution in [3.63, 3.8) is 0 Å². The number of alkyl halides is 3. The summed E-state index contributed by atoms with van der Waals surface area (Å²) in [4.78, 5) is 11.8. The predicted octanol–water partition coefficient (Wildman–Crippen LogP) is 1.89. The lowest BCUT2D eigenvalue weighted by Crippen LogP contribution is -2.42. The van der Waals surface area contributed by atoms with Crippen molar-refractivity contribution in [3.8, 4) is 0 Å². The Morgan fingerprint density at radius 3 is 2.59 bits per heavy atom. The van der Waals surface area contributed by atoms with E-state index in [4.69, 9.17) is 5.11 Å². The molecule has 3 N–H and O–H groups in total. The van der Waals surface area contributed by atoms with Gasteiger partial charge in [0.15, 0.2) is 0 Å². The van der Waals surface area contributed by atoms with Crippen LogP contribution in [0.15, 0.2) is 24.3 Å². The fourth-order valence-corrected chi connectivity index (χ4v) is 2.02. The average Bonchev–Trinajstić information content (AvgIpc) is 2.46. The molecule has 1 aromatic rings. The zero-order chi connectivity index (χ0) is 16.8. The van der Waals surface area contributed by atoms with Gasteiger partial charge in [0.1, 0.15) is 6.10 Å². The van der Waals surface area contributed by atoms with Gasteiger partial charge in [-0.15, -0.1) is 0 Å². The van der Waals surface area contributed by atoms with Crippen molar-refractivity contribution in [1.29, 1.82) is 0 Å². The van der Waals surface area contributed by atoms with E-state index in [0.29, 0.717) is 12.8 Å². The number of nitrogens with one attached hydrogen (secondary N) is 1. The van der Waals surface area contributed by atoms with Crippen molar-refractivity contribution in [2.24, 2.45) is 0 Å². The Bertz CT molecular complexity index is 491. The van der Waals surface area contributed by atoms with Crippen LogP contribution in [-0.4, -0.2) is 34.9 Å². The van der Waals surface area contributed by atoms with Gasteiger partial charge in [-0.25, -0.2) is 0 Å². The maximum atomic E-state index is 12.6. The second-order valence-corrected chi connectivity index (χ2v) is 5.04.